The van der Waals surface area contributed by atoms with Crippen LogP contribution in [-0.2, 0) is 22.1 Å². The van der Waals surface area contributed by atoms with Gasteiger partial charge in [-0.15, -0.1) is 0 Å². The van der Waals surface area contributed by atoms with E-state index in [4.69, 9.17) is 9.84 Å². The van der Waals surface area contributed by atoms with Crippen molar-refractivity contribution in [3.8, 4) is 0 Å². The van der Waals surface area contributed by atoms with Crippen LogP contribution in [0.2, 0.25) is 0 Å². The van der Waals surface area contributed by atoms with Gasteiger partial charge in [0.15, 0.2) is 0 Å². The number of esters is 1. The third-order valence-corrected chi connectivity index (χ3v) is 3.08. The number of pyridine rings is 1. The van der Waals surface area contributed by atoms with Crippen molar-refractivity contribution in [3.63, 3.8) is 0 Å². The summed E-state index contributed by atoms with van der Waals surface area (Å²) in [6, 6.07) is 0.904. The molecule has 0 spiro atoms. The van der Waals surface area contributed by atoms with Gasteiger partial charge in [-0.2, -0.15) is 0 Å². The largest absolute Gasteiger partial charge is 0.478 e. The van der Waals surface area contributed by atoms with E-state index in [-0.39, 0.29) is 42.0 Å². The fourth-order valence-electron chi connectivity index (χ4n) is 1.98. The number of nitrogens with one attached hydrogen (secondary N) is 1. The van der Waals surface area contributed by atoms with E-state index < -0.39 is 23.1 Å². The minimum absolute atomic E-state index is 0. The molecule has 2 heterocycles. The first kappa shape index (κ1) is 21.4. The van der Waals surface area contributed by atoms with Gasteiger partial charge in [0.25, 0.3) is 5.56 Å². The van der Waals surface area contributed by atoms with Gasteiger partial charge in [0.1, 0.15) is 5.60 Å². The minimum Gasteiger partial charge on any atom is -0.478 e. The Morgan fingerprint density at radius 2 is 1.87 bits per heavy atom. The Balaban J connectivity index is 0.00000242. The number of hydrogen-bond donors (Lipinski definition) is 2. The van der Waals surface area contributed by atoms with E-state index in [0.29, 0.717) is 13.1 Å². The number of ether oxygens (including phenoxy) is 1. The number of carboxylic acid groups (broad SMARTS) is 1. The van der Waals surface area contributed by atoms with Crippen molar-refractivity contribution in [2.75, 3.05) is 13.1 Å². The van der Waals surface area contributed by atoms with Gasteiger partial charge in [0.2, 0.25) is 0 Å². The second-order valence-electron chi connectivity index (χ2n) is 5.97. The van der Waals surface area contributed by atoms with Crippen molar-refractivity contribution in [3.05, 3.63) is 41.2 Å². The molecule has 7 nitrogen and oxygen atoms in total. The Kier molecular flexibility index (Phi) is 7.23. The van der Waals surface area contributed by atoms with E-state index in [1.165, 1.54) is 10.8 Å². The van der Waals surface area contributed by atoms with E-state index in [2.05, 4.69) is 5.32 Å². The molecule has 0 radical (unpaired) electrons. The van der Waals surface area contributed by atoms with Crippen molar-refractivity contribution >= 4 is 11.9 Å². The molecule has 0 bridgehead atoms. The second-order valence-corrected chi connectivity index (χ2v) is 5.97. The van der Waals surface area contributed by atoms with E-state index in [1.807, 2.05) is 0 Å². The van der Waals surface area contributed by atoms with Crippen LogP contribution in [0.15, 0.2) is 17.1 Å². The first-order valence-corrected chi connectivity index (χ1v) is 6.62. The summed E-state index contributed by atoms with van der Waals surface area (Å²) in [4.78, 5) is 35.4. The van der Waals surface area contributed by atoms with Gasteiger partial charge >= 0.3 is 11.9 Å². The van der Waals surface area contributed by atoms with E-state index in [1.54, 1.807) is 20.8 Å². The first-order chi connectivity index (χ1) is 9.69. The monoisotopic (exact) mass is 361 g/mol. The first-order valence-electron chi connectivity index (χ1n) is 6.62. The Labute approximate surface area is 145 Å². The van der Waals surface area contributed by atoms with Crippen LogP contribution in [0.4, 0.5) is 0 Å². The third-order valence-electron chi connectivity index (χ3n) is 3.08. The van der Waals surface area contributed by atoms with Crippen molar-refractivity contribution in [2.45, 2.75) is 32.4 Å². The SMILES string of the molecule is CC(C)(C)OC(=O)c1cn(C2CNC2)c(=O)cc1C(=O)O.[CH3-].[Cr]. The summed E-state index contributed by atoms with van der Waals surface area (Å²) >= 11 is 0. The molecule has 2 rings (SSSR count). The summed E-state index contributed by atoms with van der Waals surface area (Å²) < 4.78 is 6.58. The molecule has 1 saturated heterocycles. The maximum Gasteiger partial charge on any atom is 0.341 e. The number of aromatic nitrogens is 1. The van der Waals surface area contributed by atoms with Crippen LogP contribution >= 0.6 is 0 Å². The van der Waals surface area contributed by atoms with Gasteiger partial charge in [-0.3, -0.25) is 4.79 Å². The summed E-state index contributed by atoms with van der Waals surface area (Å²) in [5.74, 6) is -2.08. The molecule has 1 aromatic heterocycles. The van der Waals surface area contributed by atoms with Crippen LogP contribution in [-0.4, -0.2) is 40.3 Å². The number of rotatable bonds is 3. The topological polar surface area (TPSA) is 97.6 Å². The van der Waals surface area contributed by atoms with Crippen LogP contribution in [0.5, 0.6) is 0 Å². The normalized spacial score (nSPS) is 14.0. The molecule has 0 unspecified atom stereocenters. The van der Waals surface area contributed by atoms with Crippen LogP contribution in [0.1, 0.15) is 47.5 Å². The second kappa shape index (κ2) is 7.78. The van der Waals surface area contributed by atoms with Gasteiger partial charge in [-0.1, -0.05) is 0 Å². The van der Waals surface area contributed by atoms with E-state index in [9.17, 15) is 14.4 Å². The third kappa shape index (κ3) is 4.93. The number of carboxylic acids is 1. The van der Waals surface area contributed by atoms with Crippen molar-refractivity contribution in [2.24, 2.45) is 0 Å². The number of aromatic carboxylic acids is 1. The average molecular weight is 361 g/mol. The standard InChI is InChI=1S/C14H18N2O5.CH3.Cr/c1-14(2,3)21-13(20)10-7-16(8-5-15-6-8)11(17)4-9(10)12(18)19;;/h4,7-8,15H,5-6H2,1-3H3,(H,18,19);1H3;/q;-1;. The summed E-state index contributed by atoms with van der Waals surface area (Å²) in [6.07, 6.45) is 1.28. The predicted octanol–water partition coefficient (Wildman–Crippen LogP) is 1.09. The molecule has 128 valence electrons. The van der Waals surface area contributed by atoms with Gasteiger partial charge in [0.05, 0.1) is 17.2 Å². The molecular formula is C15H21CrN2O5-. The Morgan fingerprint density at radius 1 is 1.30 bits per heavy atom. The van der Waals surface area contributed by atoms with Crippen LogP contribution in [0.3, 0.4) is 0 Å². The Bertz CT molecular complexity index is 644. The number of carbonyl (C=O) groups excluding carboxylic acids is 1. The zero-order valence-corrected chi connectivity index (χ0v) is 14.9. The Morgan fingerprint density at radius 3 is 2.26 bits per heavy atom. The van der Waals surface area contributed by atoms with Crippen LogP contribution in [0, 0.1) is 7.43 Å². The van der Waals surface area contributed by atoms with E-state index in [0.717, 1.165) is 6.07 Å². The smallest absolute Gasteiger partial charge is 0.341 e. The van der Waals surface area contributed by atoms with Crippen molar-refractivity contribution < 1.29 is 36.8 Å². The molecule has 1 aliphatic rings. The average Bonchev–Trinajstić information content (AvgIpc) is 2.26. The molecule has 0 amide bonds. The number of hydrogen-bond acceptors (Lipinski definition) is 5. The predicted molar refractivity (Wildman–Crippen MR) is 81.2 cm³/mol. The summed E-state index contributed by atoms with van der Waals surface area (Å²) in [5, 5.41) is 12.2. The molecule has 0 atom stereocenters. The van der Waals surface area contributed by atoms with Crippen LogP contribution in [0.25, 0.3) is 0 Å². The van der Waals surface area contributed by atoms with Crippen molar-refractivity contribution in [1.29, 1.82) is 0 Å². The summed E-state index contributed by atoms with van der Waals surface area (Å²) in [5.41, 5.74) is -1.63. The van der Waals surface area contributed by atoms with Crippen LogP contribution < -0.4 is 10.9 Å². The molecule has 1 aliphatic heterocycles. The maximum absolute atomic E-state index is 12.2. The molecule has 1 aromatic rings. The molecule has 1 fully saturated rings. The van der Waals surface area contributed by atoms with Crippen molar-refractivity contribution in [1.82, 2.24) is 9.88 Å². The molecule has 8 heteroatoms. The molecule has 0 aliphatic carbocycles. The zero-order valence-electron chi connectivity index (χ0n) is 13.6. The zero-order chi connectivity index (χ0) is 15.8. The summed E-state index contributed by atoms with van der Waals surface area (Å²) in [6.45, 7) is 6.30. The maximum atomic E-state index is 12.2. The molecule has 0 saturated carbocycles. The fourth-order valence-corrected chi connectivity index (χ4v) is 1.98. The quantitative estimate of drug-likeness (QED) is 0.618. The van der Waals surface area contributed by atoms with Gasteiger partial charge in [0, 0.05) is 42.7 Å². The minimum atomic E-state index is -1.33. The van der Waals surface area contributed by atoms with Gasteiger partial charge in [-0.05, 0) is 20.8 Å². The summed E-state index contributed by atoms with van der Waals surface area (Å²) in [7, 11) is 0. The van der Waals surface area contributed by atoms with E-state index >= 15 is 0 Å². The fraction of sp³-hybridized carbons (Fsp3) is 0.467. The van der Waals surface area contributed by atoms with Gasteiger partial charge < -0.3 is 27.2 Å². The molecule has 2 N–H and O–H groups in total. The number of carbonyl (C=O) groups is 2. The number of nitrogens with zero attached hydrogens (tertiary/aromatic N) is 1. The molecule has 23 heavy (non-hydrogen) atoms. The Hall–Kier alpha value is -1.62. The van der Waals surface area contributed by atoms with Gasteiger partial charge in [-0.25, -0.2) is 9.59 Å². The molecular weight excluding hydrogens is 340 g/mol. The molecule has 0 aromatic carbocycles.